The summed E-state index contributed by atoms with van der Waals surface area (Å²) in [4.78, 5) is 2.73. The normalized spacial score (nSPS) is 10.0. The first-order chi connectivity index (χ1) is 10.8. The second-order valence-corrected chi connectivity index (χ2v) is 4.38. The summed E-state index contributed by atoms with van der Waals surface area (Å²) in [6.45, 7) is 0. The molecule has 0 atom stereocenters. The third-order valence-electron chi connectivity index (χ3n) is 3.04. The van der Waals surface area contributed by atoms with E-state index < -0.39 is 0 Å². The van der Waals surface area contributed by atoms with Crippen LogP contribution in [0.2, 0.25) is 0 Å². The number of azide groups is 1. The van der Waals surface area contributed by atoms with Crippen LogP contribution in [-0.2, 0) is 0 Å². The van der Waals surface area contributed by atoms with E-state index in [1.807, 2.05) is 24.3 Å². The maximum Gasteiger partial charge on any atom is 0.248 e. The fourth-order valence-corrected chi connectivity index (χ4v) is 1.91. The van der Waals surface area contributed by atoms with Crippen LogP contribution in [0.15, 0.2) is 58.1 Å². The SMILES string of the molecule is COc1ccc(-c2nnc(-c3ccc(N=[N+]=[N-])cc3)o2)cc1. The van der Waals surface area contributed by atoms with Gasteiger partial charge in [-0.1, -0.05) is 17.2 Å². The first-order valence-corrected chi connectivity index (χ1v) is 6.43. The van der Waals surface area contributed by atoms with Gasteiger partial charge in [0.25, 0.3) is 0 Å². The Bertz CT molecular complexity index is 818. The summed E-state index contributed by atoms with van der Waals surface area (Å²) in [5.41, 5.74) is 10.5. The van der Waals surface area contributed by atoms with Crippen LogP contribution in [0.4, 0.5) is 5.69 Å². The summed E-state index contributed by atoms with van der Waals surface area (Å²) in [5.74, 6) is 1.59. The number of nitrogens with zero attached hydrogens (tertiary/aromatic N) is 5. The highest BCUT2D eigenvalue weighted by Gasteiger charge is 2.10. The van der Waals surface area contributed by atoms with Crippen molar-refractivity contribution in [2.75, 3.05) is 7.11 Å². The van der Waals surface area contributed by atoms with Gasteiger partial charge < -0.3 is 9.15 Å². The summed E-state index contributed by atoms with van der Waals surface area (Å²) in [7, 11) is 1.61. The molecule has 1 heterocycles. The van der Waals surface area contributed by atoms with Crippen molar-refractivity contribution in [3.05, 3.63) is 59.0 Å². The van der Waals surface area contributed by atoms with Gasteiger partial charge in [0.2, 0.25) is 11.8 Å². The van der Waals surface area contributed by atoms with Crippen LogP contribution in [0.25, 0.3) is 33.4 Å². The Hall–Kier alpha value is -3.31. The van der Waals surface area contributed by atoms with Crippen molar-refractivity contribution < 1.29 is 9.15 Å². The van der Waals surface area contributed by atoms with Gasteiger partial charge in [-0.15, -0.1) is 10.2 Å². The maximum atomic E-state index is 8.38. The lowest BCUT2D eigenvalue weighted by Gasteiger charge is -1.99. The Balaban J connectivity index is 1.87. The third-order valence-corrected chi connectivity index (χ3v) is 3.04. The Morgan fingerprint density at radius 1 is 0.955 bits per heavy atom. The van der Waals surface area contributed by atoms with Crippen molar-refractivity contribution in [3.63, 3.8) is 0 Å². The van der Waals surface area contributed by atoms with Gasteiger partial charge >= 0.3 is 0 Å². The molecule has 0 aliphatic heterocycles. The van der Waals surface area contributed by atoms with E-state index in [2.05, 4.69) is 20.2 Å². The molecule has 0 unspecified atom stereocenters. The predicted molar refractivity (Wildman–Crippen MR) is 80.5 cm³/mol. The summed E-state index contributed by atoms with van der Waals surface area (Å²) in [5, 5.41) is 11.6. The van der Waals surface area contributed by atoms with Gasteiger partial charge in [-0.25, -0.2) is 0 Å². The minimum Gasteiger partial charge on any atom is -0.497 e. The molecule has 7 nitrogen and oxygen atoms in total. The van der Waals surface area contributed by atoms with Gasteiger partial charge in [0, 0.05) is 21.7 Å². The average molecular weight is 293 g/mol. The molecule has 3 aromatic rings. The molecule has 3 rings (SSSR count). The number of methoxy groups -OCH3 is 1. The number of benzene rings is 2. The molecule has 0 N–H and O–H groups in total. The van der Waals surface area contributed by atoms with Crippen molar-refractivity contribution in [1.29, 1.82) is 0 Å². The summed E-state index contributed by atoms with van der Waals surface area (Å²) in [6, 6.07) is 14.2. The molecule has 7 heteroatoms. The second-order valence-electron chi connectivity index (χ2n) is 4.38. The average Bonchev–Trinajstić information content (AvgIpc) is 3.06. The molecule has 0 bridgehead atoms. The Kier molecular flexibility index (Phi) is 3.72. The largest absolute Gasteiger partial charge is 0.497 e. The van der Waals surface area contributed by atoms with Crippen LogP contribution in [0.5, 0.6) is 5.75 Å². The molecule has 0 radical (unpaired) electrons. The van der Waals surface area contributed by atoms with Crippen molar-refractivity contribution in [2.45, 2.75) is 0 Å². The monoisotopic (exact) mass is 293 g/mol. The molecule has 2 aromatic carbocycles. The molecule has 108 valence electrons. The molecule has 0 aliphatic rings. The first-order valence-electron chi connectivity index (χ1n) is 6.43. The number of hydrogen-bond donors (Lipinski definition) is 0. The number of ether oxygens (including phenoxy) is 1. The van der Waals surface area contributed by atoms with Crippen LogP contribution in [-0.4, -0.2) is 17.3 Å². The van der Waals surface area contributed by atoms with Crippen molar-refractivity contribution >= 4 is 5.69 Å². The van der Waals surface area contributed by atoms with E-state index in [9.17, 15) is 0 Å². The molecule has 0 aliphatic carbocycles. The zero-order valence-corrected chi connectivity index (χ0v) is 11.7. The molecule has 0 amide bonds. The summed E-state index contributed by atoms with van der Waals surface area (Å²) >= 11 is 0. The van der Waals surface area contributed by atoms with Crippen molar-refractivity contribution in [3.8, 4) is 28.7 Å². The molecule has 0 spiro atoms. The van der Waals surface area contributed by atoms with E-state index in [0.29, 0.717) is 17.5 Å². The van der Waals surface area contributed by atoms with Crippen LogP contribution in [0.1, 0.15) is 0 Å². The summed E-state index contributed by atoms with van der Waals surface area (Å²) in [6.07, 6.45) is 0. The third kappa shape index (κ3) is 2.74. The Morgan fingerprint density at radius 2 is 1.50 bits per heavy atom. The minimum absolute atomic E-state index is 0.401. The van der Waals surface area contributed by atoms with E-state index in [-0.39, 0.29) is 0 Å². The molecular weight excluding hydrogens is 282 g/mol. The summed E-state index contributed by atoms with van der Waals surface area (Å²) < 4.78 is 10.8. The fraction of sp³-hybridized carbons (Fsp3) is 0.0667. The molecule has 0 saturated carbocycles. The smallest absolute Gasteiger partial charge is 0.248 e. The zero-order chi connectivity index (χ0) is 15.4. The molecule has 0 fully saturated rings. The number of aromatic nitrogens is 2. The topological polar surface area (TPSA) is 96.9 Å². The van der Waals surface area contributed by atoms with Crippen LogP contribution in [0.3, 0.4) is 0 Å². The van der Waals surface area contributed by atoms with E-state index in [1.165, 1.54) is 0 Å². The van der Waals surface area contributed by atoms with E-state index in [1.54, 1.807) is 31.4 Å². The van der Waals surface area contributed by atoms with Crippen LogP contribution >= 0.6 is 0 Å². The lowest BCUT2D eigenvalue weighted by molar-refractivity contribution is 0.415. The highest BCUT2D eigenvalue weighted by molar-refractivity contribution is 5.60. The first kappa shape index (κ1) is 13.7. The quantitative estimate of drug-likeness (QED) is 0.405. The van der Waals surface area contributed by atoms with Crippen molar-refractivity contribution in [1.82, 2.24) is 10.2 Å². The van der Waals surface area contributed by atoms with Crippen molar-refractivity contribution in [2.24, 2.45) is 5.11 Å². The maximum absolute atomic E-state index is 8.38. The van der Waals surface area contributed by atoms with Gasteiger partial charge in [0.1, 0.15) is 5.75 Å². The minimum atomic E-state index is 0.401. The zero-order valence-electron chi connectivity index (χ0n) is 11.7. The van der Waals surface area contributed by atoms with Gasteiger partial charge in [-0.3, -0.25) is 0 Å². The standard InChI is InChI=1S/C15H11N5O2/c1-21-13-8-4-11(5-9-13)15-19-18-14(22-15)10-2-6-12(7-3-10)17-20-16/h2-9H,1H3. The Morgan fingerprint density at radius 3 is 2.00 bits per heavy atom. The number of rotatable bonds is 4. The number of hydrogen-bond acceptors (Lipinski definition) is 5. The van der Waals surface area contributed by atoms with Gasteiger partial charge in [-0.05, 0) is 41.9 Å². The predicted octanol–water partition coefficient (Wildman–Crippen LogP) is 4.35. The molecule has 1 aromatic heterocycles. The van der Waals surface area contributed by atoms with Gasteiger partial charge in [0.15, 0.2) is 0 Å². The Labute approximate surface area is 125 Å². The van der Waals surface area contributed by atoms with Gasteiger partial charge in [0.05, 0.1) is 7.11 Å². The highest BCUT2D eigenvalue weighted by Crippen LogP contribution is 2.26. The molecule has 0 saturated heterocycles. The molecular formula is C15H11N5O2. The van der Waals surface area contributed by atoms with Gasteiger partial charge in [-0.2, -0.15) is 0 Å². The van der Waals surface area contributed by atoms with E-state index in [4.69, 9.17) is 14.7 Å². The van der Waals surface area contributed by atoms with Crippen LogP contribution in [0, 0.1) is 0 Å². The molecule has 22 heavy (non-hydrogen) atoms. The lowest BCUT2D eigenvalue weighted by atomic mass is 10.2. The van der Waals surface area contributed by atoms with E-state index in [0.717, 1.165) is 16.9 Å². The highest BCUT2D eigenvalue weighted by atomic mass is 16.5. The lowest BCUT2D eigenvalue weighted by Crippen LogP contribution is -1.82. The van der Waals surface area contributed by atoms with Crippen LogP contribution < -0.4 is 4.74 Å². The fourth-order valence-electron chi connectivity index (χ4n) is 1.91. The second kappa shape index (κ2) is 5.99. The van der Waals surface area contributed by atoms with E-state index >= 15 is 0 Å².